The zero-order valence-electron chi connectivity index (χ0n) is 12.5. The Balaban J connectivity index is 1.99. The summed E-state index contributed by atoms with van der Waals surface area (Å²) in [5.74, 6) is -1.71. The highest BCUT2D eigenvalue weighted by Crippen LogP contribution is 2.23. The number of methoxy groups -OCH3 is 1. The van der Waals surface area contributed by atoms with E-state index in [9.17, 15) is 17.6 Å². The molecule has 3 aromatic rings. The van der Waals surface area contributed by atoms with Crippen molar-refractivity contribution < 1.29 is 22.3 Å². The SMILES string of the molecule is COC(=O)c1ccc(F)c(S(=O)(=O)Nc2ccc3[nH]ccc3c2)c1. The van der Waals surface area contributed by atoms with Crippen molar-refractivity contribution in [2.45, 2.75) is 4.90 Å². The number of carbonyl (C=O) groups is 1. The lowest BCUT2D eigenvalue weighted by Crippen LogP contribution is -2.15. The molecule has 0 atom stereocenters. The number of benzene rings is 2. The molecule has 0 bridgehead atoms. The van der Waals surface area contributed by atoms with Gasteiger partial charge in [0.1, 0.15) is 10.7 Å². The molecular weight excluding hydrogens is 335 g/mol. The van der Waals surface area contributed by atoms with Gasteiger partial charge in [-0.1, -0.05) is 0 Å². The molecule has 0 aliphatic rings. The molecule has 1 heterocycles. The van der Waals surface area contributed by atoms with Crippen LogP contribution >= 0.6 is 0 Å². The van der Waals surface area contributed by atoms with E-state index in [0.29, 0.717) is 0 Å². The molecule has 0 amide bonds. The fourth-order valence-electron chi connectivity index (χ4n) is 2.28. The summed E-state index contributed by atoms with van der Waals surface area (Å²) in [6.45, 7) is 0. The molecule has 124 valence electrons. The molecule has 0 saturated heterocycles. The topological polar surface area (TPSA) is 88.3 Å². The number of anilines is 1. The number of halogens is 1. The molecule has 0 unspecified atom stereocenters. The van der Waals surface area contributed by atoms with Crippen LogP contribution < -0.4 is 4.72 Å². The van der Waals surface area contributed by atoms with E-state index in [2.05, 4.69) is 14.4 Å². The van der Waals surface area contributed by atoms with Crippen molar-refractivity contribution in [3.63, 3.8) is 0 Å². The number of H-pyrrole nitrogens is 1. The molecule has 24 heavy (non-hydrogen) atoms. The number of rotatable bonds is 4. The molecule has 1 aromatic heterocycles. The number of hydrogen-bond acceptors (Lipinski definition) is 4. The third-order valence-corrected chi connectivity index (χ3v) is 4.84. The van der Waals surface area contributed by atoms with Crippen molar-refractivity contribution in [3.05, 3.63) is 60.0 Å². The first-order valence-electron chi connectivity index (χ1n) is 6.88. The van der Waals surface area contributed by atoms with Crippen molar-refractivity contribution in [3.8, 4) is 0 Å². The van der Waals surface area contributed by atoms with Gasteiger partial charge in [-0.15, -0.1) is 0 Å². The largest absolute Gasteiger partial charge is 0.465 e. The minimum atomic E-state index is -4.20. The second-order valence-electron chi connectivity index (χ2n) is 5.02. The van der Waals surface area contributed by atoms with E-state index in [4.69, 9.17) is 0 Å². The van der Waals surface area contributed by atoms with Crippen LogP contribution in [-0.4, -0.2) is 26.5 Å². The minimum Gasteiger partial charge on any atom is -0.465 e. The second-order valence-corrected chi connectivity index (χ2v) is 6.67. The first kappa shape index (κ1) is 16.0. The van der Waals surface area contributed by atoms with Gasteiger partial charge in [-0.05, 0) is 42.5 Å². The predicted molar refractivity (Wildman–Crippen MR) is 86.8 cm³/mol. The molecule has 0 aliphatic carbocycles. The molecule has 2 aromatic carbocycles. The van der Waals surface area contributed by atoms with Crippen LogP contribution in [0, 0.1) is 5.82 Å². The summed E-state index contributed by atoms with van der Waals surface area (Å²) in [5, 5.41) is 0.805. The smallest absolute Gasteiger partial charge is 0.337 e. The first-order valence-corrected chi connectivity index (χ1v) is 8.37. The Morgan fingerprint density at radius 1 is 1.17 bits per heavy atom. The van der Waals surface area contributed by atoms with Crippen molar-refractivity contribution in [1.82, 2.24) is 4.98 Å². The summed E-state index contributed by atoms with van der Waals surface area (Å²) in [5.41, 5.74) is 1.07. The maximum absolute atomic E-state index is 14.0. The predicted octanol–water partition coefficient (Wildman–Crippen LogP) is 2.89. The summed E-state index contributed by atoms with van der Waals surface area (Å²) < 4.78 is 45.7. The fourth-order valence-corrected chi connectivity index (χ4v) is 3.44. The van der Waals surface area contributed by atoms with Crippen LogP contribution in [0.25, 0.3) is 10.9 Å². The Morgan fingerprint density at radius 3 is 2.71 bits per heavy atom. The molecule has 0 radical (unpaired) electrons. The van der Waals surface area contributed by atoms with Gasteiger partial charge in [0.25, 0.3) is 10.0 Å². The third kappa shape index (κ3) is 2.95. The minimum absolute atomic E-state index is 0.0552. The molecule has 0 aliphatic heterocycles. The van der Waals surface area contributed by atoms with Gasteiger partial charge in [-0.25, -0.2) is 17.6 Å². The van der Waals surface area contributed by atoms with Gasteiger partial charge in [0.05, 0.1) is 12.7 Å². The molecule has 2 N–H and O–H groups in total. The van der Waals surface area contributed by atoms with Gasteiger partial charge in [-0.3, -0.25) is 4.72 Å². The summed E-state index contributed by atoms with van der Waals surface area (Å²) in [6.07, 6.45) is 1.72. The average Bonchev–Trinajstić information content (AvgIpc) is 3.01. The van der Waals surface area contributed by atoms with Gasteiger partial charge in [0.15, 0.2) is 0 Å². The molecule has 8 heteroatoms. The molecule has 3 rings (SSSR count). The summed E-state index contributed by atoms with van der Waals surface area (Å²) in [6, 6.07) is 9.67. The number of aromatic amines is 1. The third-order valence-electron chi connectivity index (χ3n) is 3.45. The number of fused-ring (bicyclic) bond motifs is 1. The lowest BCUT2D eigenvalue weighted by molar-refractivity contribution is 0.0600. The number of hydrogen-bond donors (Lipinski definition) is 2. The van der Waals surface area contributed by atoms with Crippen molar-refractivity contribution >= 4 is 32.6 Å². The lowest BCUT2D eigenvalue weighted by Gasteiger charge is -2.10. The number of carbonyl (C=O) groups excluding carboxylic acids is 1. The monoisotopic (exact) mass is 348 g/mol. The Morgan fingerprint density at radius 2 is 1.96 bits per heavy atom. The van der Waals surface area contributed by atoms with Crippen LogP contribution in [0.2, 0.25) is 0 Å². The van der Waals surface area contributed by atoms with E-state index < -0.39 is 26.7 Å². The van der Waals surface area contributed by atoms with Crippen LogP contribution in [0.5, 0.6) is 0 Å². The fraction of sp³-hybridized carbons (Fsp3) is 0.0625. The maximum Gasteiger partial charge on any atom is 0.337 e. The Kier molecular flexibility index (Phi) is 3.98. The van der Waals surface area contributed by atoms with Crippen LogP contribution in [0.3, 0.4) is 0 Å². The highest BCUT2D eigenvalue weighted by atomic mass is 32.2. The zero-order valence-corrected chi connectivity index (χ0v) is 13.4. The van der Waals surface area contributed by atoms with Crippen LogP contribution in [0.15, 0.2) is 53.6 Å². The van der Waals surface area contributed by atoms with E-state index >= 15 is 0 Å². The number of aromatic nitrogens is 1. The van der Waals surface area contributed by atoms with Crippen molar-refractivity contribution in [2.75, 3.05) is 11.8 Å². The van der Waals surface area contributed by atoms with Gasteiger partial charge in [-0.2, -0.15) is 0 Å². The van der Waals surface area contributed by atoms with E-state index in [0.717, 1.165) is 36.2 Å². The summed E-state index contributed by atoms with van der Waals surface area (Å²) >= 11 is 0. The summed E-state index contributed by atoms with van der Waals surface area (Å²) in [4.78, 5) is 13.9. The van der Waals surface area contributed by atoms with Gasteiger partial charge >= 0.3 is 5.97 Å². The quantitative estimate of drug-likeness (QED) is 0.710. The normalized spacial score (nSPS) is 11.4. The second kappa shape index (κ2) is 5.97. The Bertz CT molecular complexity index is 1030. The molecular formula is C16H13FN2O4S. The number of nitrogens with one attached hydrogen (secondary N) is 2. The highest BCUT2D eigenvalue weighted by Gasteiger charge is 2.21. The lowest BCUT2D eigenvalue weighted by atomic mass is 10.2. The van der Waals surface area contributed by atoms with Gasteiger partial charge < -0.3 is 9.72 Å². The average molecular weight is 348 g/mol. The van der Waals surface area contributed by atoms with Crippen LogP contribution in [0.4, 0.5) is 10.1 Å². The van der Waals surface area contributed by atoms with E-state index in [1.165, 1.54) is 0 Å². The Labute approximate surface area is 137 Å². The molecule has 6 nitrogen and oxygen atoms in total. The van der Waals surface area contributed by atoms with Crippen molar-refractivity contribution in [2.24, 2.45) is 0 Å². The van der Waals surface area contributed by atoms with Gasteiger partial charge in [0, 0.05) is 22.8 Å². The van der Waals surface area contributed by atoms with Gasteiger partial charge in [0.2, 0.25) is 0 Å². The molecule has 0 spiro atoms. The number of esters is 1. The standard InChI is InChI=1S/C16H13FN2O4S/c1-23-16(20)11-2-4-13(17)15(9-11)24(21,22)19-12-3-5-14-10(8-12)6-7-18-14/h2-9,18-19H,1H3. The van der Waals surface area contributed by atoms with E-state index in [-0.39, 0.29) is 11.3 Å². The van der Waals surface area contributed by atoms with Crippen LogP contribution in [0.1, 0.15) is 10.4 Å². The molecule has 0 fully saturated rings. The van der Waals surface area contributed by atoms with Crippen LogP contribution in [-0.2, 0) is 14.8 Å². The molecule has 0 saturated carbocycles. The Hall–Kier alpha value is -2.87. The number of ether oxygens (including phenoxy) is 1. The first-order chi connectivity index (χ1) is 11.4. The summed E-state index contributed by atoms with van der Waals surface area (Å²) in [7, 11) is -3.05. The highest BCUT2D eigenvalue weighted by molar-refractivity contribution is 7.92. The number of sulfonamides is 1. The van der Waals surface area contributed by atoms with E-state index in [1.807, 2.05) is 0 Å². The van der Waals surface area contributed by atoms with E-state index in [1.54, 1.807) is 30.5 Å². The maximum atomic E-state index is 14.0. The van der Waals surface area contributed by atoms with Crippen molar-refractivity contribution in [1.29, 1.82) is 0 Å². The zero-order chi connectivity index (χ0) is 17.3.